The molecule has 4 aliphatic heterocycles. The number of aromatic nitrogens is 2. The molecular formula is C12H17N5OS. The third-order valence-corrected chi connectivity index (χ3v) is 5.08. The van der Waals surface area contributed by atoms with E-state index in [4.69, 9.17) is 4.74 Å². The lowest BCUT2D eigenvalue weighted by Crippen LogP contribution is -2.61. The summed E-state index contributed by atoms with van der Waals surface area (Å²) in [6, 6.07) is 0.616. The van der Waals surface area contributed by atoms with Crippen molar-refractivity contribution in [2.45, 2.75) is 25.4 Å². The summed E-state index contributed by atoms with van der Waals surface area (Å²) in [4.78, 5) is 11.3. The molecule has 6 nitrogen and oxygen atoms in total. The number of hydrogen-bond donors (Lipinski definition) is 1. The number of fused-ring (bicyclic) bond motifs is 2. The monoisotopic (exact) mass is 279 g/mol. The zero-order chi connectivity index (χ0) is 12.9. The number of aryl methyl sites for hydroxylation is 1. The maximum atomic E-state index is 6.17. The number of nitrogens with zero attached hydrogens (tertiary/aromatic N) is 4. The van der Waals surface area contributed by atoms with Crippen molar-refractivity contribution in [2.75, 3.05) is 31.5 Å². The average molecular weight is 279 g/mol. The van der Waals surface area contributed by atoms with Gasteiger partial charge in [-0.2, -0.15) is 4.37 Å². The molecule has 3 fully saturated rings. The van der Waals surface area contributed by atoms with Crippen LogP contribution in [0.15, 0.2) is 4.99 Å². The molecule has 0 aliphatic carbocycles. The second kappa shape index (κ2) is 4.14. The average Bonchev–Trinajstić information content (AvgIpc) is 2.99. The maximum absolute atomic E-state index is 6.17. The van der Waals surface area contributed by atoms with E-state index in [2.05, 4.69) is 24.6 Å². The lowest BCUT2D eigenvalue weighted by atomic mass is 9.75. The van der Waals surface area contributed by atoms with E-state index in [9.17, 15) is 0 Å². The summed E-state index contributed by atoms with van der Waals surface area (Å²) in [5.74, 6) is 1.43. The summed E-state index contributed by atoms with van der Waals surface area (Å²) < 4.78 is 10.3. The van der Waals surface area contributed by atoms with Crippen LogP contribution >= 0.6 is 11.5 Å². The molecule has 102 valence electrons. The third kappa shape index (κ3) is 1.92. The van der Waals surface area contributed by atoms with E-state index >= 15 is 0 Å². The summed E-state index contributed by atoms with van der Waals surface area (Å²) in [6.45, 7) is 6.10. The molecule has 7 heteroatoms. The lowest BCUT2D eigenvalue weighted by molar-refractivity contribution is -0.0829. The Kier molecular flexibility index (Phi) is 2.53. The molecule has 1 aromatic heterocycles. The van der Waals surface area contributed by atoms with Crippen molar-refractivity contribution in [3.8, 4) is 0 Å². The Labute approximate surface area is 116 Å². The van der Waals surface area contributed by atoms with E-state index in [-0.39, 0.29) is 5.60 Å². The largest absolute Gasteiger partial charge is 0.455 e. The Balaban J connectivity index is 1.47. The molecule has 1 N–H and O–H groups in total. The number of anilines is 1. The van der Waals surface area contributed by atoms with Crippen molar-refractivity contribution in [3.05, 3.63) is 5.82 Å². The van der Waals surface area contributed by atoms with Gasteiger partial charge in [0.25, 0.3) is 6.02 Å². The van der Waals surface area contributed by atoms with Gasteiger partial charge >= 0.3 is 0 Å². The van der Waals surface area contributed by atoms with Crippen molar-refractivity contribution in [1.82, 2.24) is 14.3 Å². The zero-order valence-electron chi connectivity index (χ0n) is 10.9. The van der Waals surface area contributed by atoms with Crippen molar-refractivity contribution in [3.63, 3.8) is 0 Å². The summed E-state index contributed by atoms with van der Waals surface area (Å²) >= 11 is 1.34. The van der Waals surface area contributed by atoms with Crippen LogP contribution in [-0.2, 0) is 4.74 Å². The van der Waals surface area contributed by atoms with Gasteiger partial charge in [0, 0.05) is 24.0 Å². The second-order valence-corrected chi connectivity index (χ2v) is 6.36. The fraction of sp³-hybridized carbons (Fsp3) is 0.750. The minimum atomic E-state index is -0.0848. The summed E-state index contributed by atoms with van der Waals surface area (Å²) in [5.41, 5.74) is -0.0848. The molecule has 2 bridgehead atoms. The van der Waals surface area contributed by atoms with Gasteiger partial charge in [-0.05, 0) is 32.9 Å². The molecule has 1 spiro atoms. The highest BCUT2D eigenvalue weighted by Crippen LogP contribution is 2.40. The fourth-order valence-electron chi connectivity index (χ4n) is 3.39. The van der Waals surface area contributed by atoms with Gasteiger partial charge in [-0.25, -0.2) is 9.98 Å². The van der Waals surface area contributed by atoms with Crippen LogP contribution in [0.1, 0.15) is 18.7 Å². The van der Waals surface area contributed by atoms with Crippen LogP contribution in [0.4, 0.5) is 5.13 Å². The van der Waals surface area contributed by atoms with Crippen LogP contribution in [0.3, 0.4) is 0 Å². The van der Waals surface area contributed by atoms with E-state index in [0.29, 0.717) is 11.9 Å². The zero-order valence-corrected chi connectivity index (χ0v) is 11.7. The van der Waals surface area contributed by atoms with Crippen LogP contribution in [0, 0.1) is 12.8 Å². The first-order valence-corrected chi connectivity index (χ1v) is 7.54. The predicted octanol–water partition coefficient (Wildman–Crippen LogP) is 1.11. The first kappa shape index (κ1) is 11.6. The van der Waals surface area contributed by atoms with Gasteiger partial charge in [-0.3, -0.25) is 10.2 Å². The van der Waals surface area contributed by atoms with Crippen molar-refractivity contribution in [1.29, 1.82) is 0 Å². The van der Waals surface area contributed by atoms with E-state index in [0.717, 1.165) is 24.0 Å². The standard InChI is InChI=1S/C12H17N5OS/c1-8-14-11(19-16-8)15-10-13-6-12(18-10)7-17-4-2-9(12)3-5-17/h9H,2-7H2,1H3,(H,13,14,15,16)/t12-/m0/s1. The SMILES string of the molecule is Cc1nsc(NC2=NC[C@@]3(CN4CCC3CC4)O2)n1. The minimum absolute atomic E-state index is 0.0848. The molecule has 0 unspecified atom stereocenters. The number of ether oxygens (including phenoxy) is 1. The number of aliphatic imine (C=N–C) groups is 1. The van der Waals surface area contributed by atoms with E-state index in [1.807, 2.05) is 6.92 Å². The number of rotatable bonds is 1. The van der Waals surface area contributed by atoms with Crippen molar-refractivity contribution < 1.29 is 4.74 Å². The number of amidine groups is 1. The molecule has 0 radical (unpaired) electrons. The fourth-order valence-corrected chi connectivity index (χ4v) is 3.95. The highest BCUT2D eigenvalue weighted by Gasteiger charge is 2.51. The van der Waals surface area contributed by atoms with E-state index < -0.39 is 0 Å². The van der Waals surface area contributed by atoms with Gasteiger partial charge in [-0.15, -0.1) is 0 Å². The van der Waals surface area contributed by atoms with Gasteiger partial charge in [0.15, 0.2) is 0 Å². The number of piperidine rings is 3. The maximum Gasteiger partial charge on any atom is 0.291 e. The normalized spacial score (nSPS) is 36.4. The Bertz CT molecular complexity index is 522. The molecule has 0 aromatic carbocycles. The molecule has 1 aromatic rings. The smallest absolute Gasteiger partial charge is 0.291 e. The highest BCUT2D eigenvalue weighted by atomic mass is 32.1. The molecular weight excluding hydrogens is 262 g/mol. The quantitative estimate of drug-likeness (QED) is 0.834. The first-order chi connectivity index (χ1) is 9.23. The summed E-state index contributed by atoms with van der Waals surface area (Å²) in [7, 11) is 0. The molecule has 19 heavy (non-hydrogen) atoms. The lowest BCUT2D eigenvalue weighted by Gasteiger charge is -2.50. The molecule has 1 atom stereocenters. The topological polar surface area (TPSA) is 62.6 Å². The minimum Gasteiger partial charge on any atom is -0.455 e. The Hall–Kier alpha value is -1.21. The molecule has 0 saturated carbocycles. The number of hydrogen-bond acceptors (Lipinski definition) is 7. The molecule has 5 heterocycles. The Morgan fingerprint density at radius 1 is 1.42 bits per heavy atom. The summed E-state index contributed by atoms with van der Waals surface area (Å²) in [6.07, 6.45) is 2.47. The summed E-state index contributed by atoms with van der Waals surface area (Å²) in [5, 5.41) is 3.91. The highest BCUT2D eigenvalue weighted by molar-refractivity contribution is 7.09. The van der Waals surface area contributed by atoms with Crippen LogP contribution in [-0.4, -0.2) is 52.1 Å². The van der Waals surface area contributed by atoms with E-state index in [1.165, 1.54) is 37.5 Å². The third-order valence-electron chi connectivity index (χ3n) is 4.35. The predicted molar refractivity (Wildman–Crippen MR) is 73.6 cm³/mol. The Morgan fingerprint density at radius 2 is 2.26 bits per heavy atom. The molecule has 3 saturated heterocycles. The number of nitrogens with one attached hydrogen (secondary N) is 1. The van der Waals surface area contributed by atoms with Crippen LogP contribution < -0.4 is 5.32 Å². The van der Waals surface area contributed by atoms with Crippen molar-refractivity contribution in [2.24, 2.45) is 10.9 Å². The van der Waals surface area contributed by atoms with Gasteiger partial charge in [0.2, 0.25) is 5.13 Å². The Morgan fingerprint density at radius 3 is 2.89 bits per heavy atom. The molecule has 0 amide bonds. The van der Waals surface area contributed by atoms with Crippen LogP contribution in [0.2, 0.25) is 0 Å². The molecule has 4 aliphatic rings. The van der Waals surface area contributed by atoms with Gasteiger partial charge in [-0.1, -0.05) is 0 Å². The first-order valence-electron chi connectivity index (χ1n) is 6.77. The second-order valence-electron chi connectivity index (χ2n) is 5.61. The van der Waals surface area contributed by atoms with Crippen LogP contribution in [0.25, 0.3) is 0 Å². The van der Waals surface area contributed by atoms with Gasteiger partial charge < -0.3 is 4.74 Å². The van der Waals surface area contributed by atoms with Crippen LogP contribution in [0.5, 0.6) is 0 Å². The van der Waals surface area contributed by atoms with Gasteiger partial charge in [0.1, 0.15) is 11.4 Å². The van der Waals surface area contributed by atoms with Crippen molar-refractivity contribution >= 4 is 22.7 Å². The molecule has 5 rings (SSSR count). The van der Waals surface area contributed by atoms with E-state index in [1.54, 1.807) is 0 Å². The van der Waals surface area contributed by atoms with Gasteiger partial charge in [0.05, 0.1) is 6.54 Å².